The minimum atomic E-state index is 0.00192. The molecule has 0 fully saturated rings. The van der Waals surface area contributed by atoms with Crippen molar-refractivity contribution in [3.63, 3.8) is 0 Å². The second-order valence-electron chi connectivity index (χ2n) is 37.2. The molecule has 0 atom stereocenters. The second kappa shape index (κ2) is 48.2. The number of rotatable bonds is 51. The van der Waals surface area contributed by atoms with Crippen molar-refractivity contribution >= 4 is 0 Å². The average Bonchev–Trinajstić information content (AvgIpc) is 1.58. The Hall–Kier alpha value is -9.33. The van der Waals surface area contributed by atoms with Crippen LogP contribution in [0.4, 0.5) is 0 Å². The first kappa shape index (κ1) is 91.4. The number of aromatic nitrogens is 3. The smallest absolute Gasteiger partial charge is 0.164 e. The van der Waals surface area contributed by atoms with E-state index in [1.165, 1.54) is 375 Å². The van der Waals surface area contributed by atoms with Gasteiger partial charge < -0.3 is 0 Å². The van der Waals surface area contributed by atoms with Crippen molar-refractivity contribution < 1.29 is 0 Å². The van der Waals surface area contributed by atoms with Crippen LogP contribution >= 0.6 is 0 Å². The maximum atomic E-state index is 5.33. The van der Waals surface area contributed by atoms with Gasteiger partial charge in [0.25, 0.3) is 0 Å². The SMILES string of the molecule is CCCCCCCCCC1(CCCCCCCCC)c2ccccc2-c2ccc(C#Cc3ccc(-c4nc(-c5ccc(C#Cc6ccc7c(c6)C(CCCCCCCCC)(CCCCCCCCC)c6ccccc6-7)cc5)nc(-c5ccc(C#Cc6ccc7c(c6)C(CCCCCCCCC)(CCCCCCCCC)c6ccccc6-7)cc5)n4)cc3)cc21. The fourth-order valence-corrected chi connectivity index (χ4v) is 21.2. The van der Waals surface area contributed by atoms with Crippen LogP contribution in [0, 0.1) is 35.5 Å². The normalized spacial score (nSPS) is 13.2. The van der Waals surface area contributed by atoms with Gasteiger partial charge in [-0.3, -0.25) is 0 Å². The Morgan fingerprint density at radius 2 is 0.358 bits per heavy atom. The van der Waals surface area contributed by atoms with Gasteiger partial charge in [0, 0.05) is 66.3 Å². The number of nitrogens with zero attached hydrogens (tertiary/aromatic N) is 3. The standard InChI is InChI=1S/C120H147N3/c1-7-13-19-25-31-37-49-85-118(86-50-38-32-26-20-14-8-2)109-58-46-43-55-103(109)106-82-73-97(91-112(106)118)64-61-94-67-76-100(77-68-94)115-121-116(101-78-69-95(70-79-101)62-65-98-74-83-107-104-56-44-47-59-110(104)119(113(107)92-98,87-51-39-33-27-21-15-9-3)88-52-40-34-28-22-16-10-4)123-117(122-115)102-80-71-96(72-81-102)63-66-99-75-84-108-105-57-45-48-60-111(105)120(114(108)93-99,89-53-41-35-29-23-17-11-5)90-54-42-36-30-24-18-12-6/h43-48,55-60,67-84,91-93H,7-42,49-54,85-90H2,1-6H3. The third-order valence-corrected chi connectivity index (χ3v) is 28.2. The highest BCUT2D eigenvalue weighted by molar-refractivity contribution is 5.85. The molecule has 3 heteroatoms. The fraction of sp³-hybridized carbons (Fsp3) is 0.475. The first-order valence-electron chi connectivity index (χ1n) is 50.1. The van der Waals surface area contributed by atoms with Gasteiger partial charge in [0.05, 0.1) is 0 Å². The van der Waals surface area contributed by atoms with Crippen LogP contribution in [-0.4, -0.2) is 15.0 Å². The summed E-state index contributed by atoms with van der Waals surface area (Å²) in [5.74, 6) is 23.8. The maximum Gasteiger partial charge on any atom is 0.164 e. The molecular weight excluding hydrogens is 1480 g/mol. The third kappa shape index (κ3) is 24.0. The molecule has 0 unspecified atom stereocenters. The highest BCUT2D eigenvalue weighted by Crippen LogP contribution is 2.58. The van der Waals surface area contributed by atoms with Crippen LogP contribution < -0.4 is 0 Å². The van der Waals surface area contributed by atoms with Crippen LogP contribution in [0.25, 0.3) is 67.5 Å². The van der Waals surface area contributed by atoms with Crippen LogP contribution in [-0.2, 0) is 16.2 Å². The van der Waals surface area contributed by atoms with Gasteiger partial charge in [-0.05, 0) is 214 Å². The van der Waals surface area contributed by atoms with E-state index in [0.717, 1.165) is 50.1 Å². The zero-order valence-electron chi connectivity index (χ0n) is 76.8. The number of hydrogen-bond acceptors (Lipinski definition) is 3. The van der Waals surface area contributed by atoms with Crippen molar-refractivity contribution in [2.24, 2.45) is 0 Å². The third-order valence-electron chi connectivity index (χ3n) is 28.2. The summed E-state index contributed by atoms with van der Waals surface area (Å²) in [6.45, 7) is 13.9. The van der Waals surface area contributed by atoms with E-state index in [-0.39, 0.29) is 16.2 Å². The second-order valence-corrected chi connectivity index (χ2v) is 37.2. The molecule has 0 aliphatic heterocycles. The molecule has 3 aliphatic rings. The summed E-state index contributed by atoms with van der Waals surface area (Å²) >= 11 is 0. The molecule has 10 aromatic rings. The van der Waals surface area contributed by atoms with Crippen molar-refractivity contribution in [2.75, 3.05) is 0 Å². The average molecular weight is 1630 g/mol. The Labute approximate surface area is 746 Å². The summed E-state index contributed by atoms with van der Waals surface area (Å²) in [6.07, 6.45) is 62.5. The molecule has 0 spiro atoms. The zero-order chi connectivity index (χ0) is 85.0. The topological polar surface area (TPSA) is 38.7 Å². The predicted octanol–water partition coefficient (Wildman–Crippen LogP) is 34.7. The van der Waals surface area contributed by atoms with Crippen molar-refractivity contribution in [3.8, 4) is 103 Å². The highest BCUT2D eigenvalue weighted by Gasteiger charge is 2.45. The largest absolute Gasteiger partial charge is 0.208 e. The van der Waals surface area contributed by atoms with E-state index < -0.39 is 0 Å². The molecule has 9 aromatic carbocycles. The van der Waals surface area contributed by atoms with Crippen LogP contribution in [0.3, 0.4) is 0 Å². The van der Waals surface area contributed by atoms with Crippen molar-refractivity contribution in [1.29, 1.82) is 0 Å². The first-order valence-corrected chi connectivity index (χ1v) is 50.1. The van der Waals surface area contributed by atoms with Crippen LogP contribution in [0.5, 0.6) is 0 Å². The maximum absolute atomic E-state index is 5.33. The predicted molar refractivity (Wildman–Crippen MR) is 528 cm³/mol. The van der Waals surface area contributed by atoms with Crippen LogP contribution in [0.1, 0.15) is 417 Å². The number of hydrogen-bond donors (Lipinski definition) is 0. The lowest BCUT2D eigenvalue weighted by atomic mass is 9.70. The van der Waals surface area contributed by atoms with E-state index in [1.807, 2.05) is 0 Å². The fourth-order valence-electron chi connectivity index (χ4n) is 21.2. The number of fused-ring (bicyclic) bond motifs is 9. The molecule has 3 nitrogen and oxygen atoms in total. The monoisotopic (exact) mass is 1630 g/mol. The van der Waals surface area contributed by atoms with Gasteiger partial charge >= 0.3 is 0 Å². The molecule has 0 amide bonds. The van der Waals surface area contributed by atoms with E-state index in [4.69, 9.17) is 15.0 Å². The van der Waals surface area contributed by atoms with Crippen molar-refractivity contribution in [3.05, 3.63) is 267 Å². The highest BCUT2D eigenvalue weighted by atomic mass is 15.0. The summed E-state index contributed by atoms with van der Waals surface area (Å²) in [5.41, 5.74) is 26.4. The van der Waals surface area contributed by atoms with Gasteiger partial charge in [-0.1, -0.05) is 438 Å². The molecule has 0 radical (unpaired) electrons. The molecule has 3 aliphatic carbocycles. The lowest BCUT2D eigenvalue weighted by Crippen LogP contribution is -2.25. The molecule has 0 N–H and O–H groups in total. The molecule has 13 rings (SSSR count). The van der Waals surface area contributed by atoms with Gasteiger partial charge in [0.2, 0.25) is 0 Å². The first-order chi connectivity index (χ1) is 60.7. The number of unbranched alkanes of at least 4 members (excludes halogenated alkanes) is 36. The lowest BCUT2D eigenvalue weighted by Gasteiger charge is -2.33. The minimum absolute atomic E-state index is 0.00192. The van der Waals surface area contributed by atoms with E-state index >= 15 is 0 Å². The molecule has 0 saturated carbocycles. The van der Waals surface area contributed by atoms with Gasteiger partial charge in [-0.2, -0.15) is 0 Å². The van der Waals surface area contributed by atoms with Crippen LogP contribution in [0.2, 0.25) is 0 Å². The summed E-state index contributed by atoms with van der Waals surface area (Å²) in [6, 6.07) is 75.1. The van der Waals surface area contributed by atoms with E-state index in [0.29, 0.717) is 17.5 Å². The van der Waals surface area contributed by atoms with E-state index in [9.17, 15) is 0 Å². The molecule has 1 heterocycles. The Bertz CT molecular complexity index is 4550. The number of benzene rings is 9. The molecule has 0 bridgehead atoms. The molecule has 1 aromatic heterocycles. The molecule has 0 saturated heterocycles. The van der Waals surface area contributed by atoms with Gasteiger partial charge in [-0.25, -0.2) is 15.0 Å². The van der Waals surface area contributed by atoms with E-state index in [1.54, 1.807) is 0 Å². The Morgan fingerprint density at radius 3 is 0.577 bits per heavy atom. The van der Waals surface area contributed by atoms with Gasteiger partial charge in [-0.15, -0.1) is 0 Å². The minimum Gasteiger partial charge on any atom is -0.208 e. The Morgan fingerprint density at radius 1 is 0.179 bits per heavy atom. The van der Waals surface area contributed by atoms with Gasteiger partial charge in [0.15, 0.2) is 17.5 Å². The summed E-state index contributed by atoms with van der Waals surface area (Å²) in [4.78, 5) is 16.0. The molecule has 123 heavy (non-hydrogen) atoms. The zero-order valence-corrected chi connectivity index (χ0v) is 76.8. The molecule has 642 valence electrons. The lowest BCUT2D eigenvalue weighted by molar-refractivity contribution is 0.397. The summed E-state index contributed by atoms with van der Waals surface area (Å²) < 4.78 is 0. The Kier molecular flexibility index (Phi) is 35.8. The van der Waals surface area contributed by atoms with Crippen LogP contribution in [0.15, 0.2) is 200 Å². The summed E-state index contributed by atoms with van der Waals surface area (Å²) in [7, 11) is 0. The Balaban J connectivity index is 0.794. The van der Waals surface area contributed by atoms with Crippen molar-refractivity contribution in [1.82, 2.24) is 15.0 Å². The van der Waals surface area contributed by atoms with Crippen molar-refractivity contribution in [2.45, 2.75) is 366 Å². The van der Waals surface area contributed by atoms with E-state index in [2.05, 4.69) is 277 Å². The quantitative estimate of drug-likeness (QED) is 0.0282. The summed E-state index contributed by atoms with van der Waals surface area (Å²) in [5, 5.41) is 0. The molecular formula is C120H147N3. The van der Waals surface area contributed by atoms with Gasteiger partial charge in [0.1, 0.15) is 0 Å².